The van der Waals surface area contributed by atoms with Gasteiger partial charge < -0.3 is 5.73 Å². The zero-order valence-electron chi connectivity index (χ0n) is 10.7. The second-order valence-electron chi connectivity index (χ2n) is 5.14. The Labute approximate surface area is 113 Å². The summed E-state index contributed by atoms with van der Waals surface area (Å²) in [5.74, 6) is 0.321. The molecular formula is C14H20ClFN2. The first-order valence-electron chi connectivity index (χ1n) is 6.46. The lowest BCUT2D eigenvalue weighted by molar-refractivity contribution is 0.191. The molecule has 2 atom stereocenters. The summed E-state index contributed by atoms with van der Waals surface area (Å²) in [5.41, 5.74) is 6.49. The van der Waals surface area contributed by atoms with Crippen LogP contribution in [0.3, 0.4) is 0 Å². The van der Waals surface area contributed by atoms with Crippen LogP contribution in [0, 0.1) is 11.7 Å². The van der Waals surface area contributed by atoms with Crippen LogP contribution in [-0.4, -0.2) is 24.5 Å². The van der Waals surface area contributed by atoms with Crippen LogP contribution in [0.2, 0.25) is 5.02 Å². The van der Waals surface area contributed by atoms with Crippen LogP contribution in [0.15, 0.2) is 18.2 Å². The van der Waals surface area contributed by atoms with E-state index in [0.717, 1.165) is 13.0 Å². The number of hydrogen-bond donors (Lipinski definition) is 1. The van der Waals surface area contributed by atoms with Crippen LogP contribution in [0.5, 0.6) is 0 Å². The van der Waals surface area contributed by atoms with Gasteiger partial charge in [0.15, 0.2) is 0 Å². The van der Waals surface area contributed by atoms with Gasteiger partial charge in [-0.2, -0.15) is 0 Å². The highest BCUT2D eigenvalue weighted by molar-refractivity contribution is 6.30. The van der Waals surface area contributed by atoms with Gasteiger partial charge in [0.1, 0.15) is 5.82 Å². The molecule has 0 amide bonds. The fourth-order valence-corrected chi connectivity index (χ4v) is 3.07. The van der Waals surface area contributed by atoms with Crippen molar-refractivity contribution >= 4 is 11.6 Å². The number of benzene rings is 1. The quantitative estimate of drug-likeness (QED) is 0.911. The van der Waals surface area contributed by atoms with Crippen LogP contribution in [0.4, 0.5) is 4.39 Å². The highest BCUT2D eigenvalue weighted by Crippen LogP contribution is 2.29. The molecule has 0 spiro atoms. The summed E-state index contributed by atoms with van der Waals surface area (Å²) in [5, 5.41) is 0.444. The molecule has 0 aromatic heterocycles. The lowest BCUT2D eigenvalue weighted by Crippen LogP contribution is -2.37. The maximum atomic E-state index is 13.7. The molecule has 0 heterocycles. The number of halogens is 2. The minimum Gasteiger partial charge on any atom is -0.330 e. The Hall–Kier alpha value is -0.640. The fourth-order valence-electron chi connectivity index (χ4n) is 2.91. The van der Waals surface area contributed by atoms with Crippen molar-refractivity contribution in [1.82, 2.24) is 4.90 Å². The smallest absolute Gasteiger partial charge is 0.129 e. The van der Waals surface area contributed by atoms with Gasteiger partial charge >= 0.3 is 0 Å². The van der Waals surface area contributed by atoms with E-state index in [1.54, 1.807) is 12.1 Å². The average molecular weight is 271 g/mol. The van der Waals surface area contributed by atoms with Crippen LogP contribution < -0.4 is 5.73 Å². The molecule has 0 aliphatic heterocycles. The topological polar surface area (TPSA) is 29.3 Å². The summed E-state index contributed by atoms with van der Waals surface area (Å²) in [6.07, 6.45) is 3.57. The van der Waals surface area contributed by atoms with Gasteiger partial charge in [0.25, 0.3) is 0 Å². The molecule has 2 unspecified atom stereocenters. The van der Waals surface area contributed by atoms with Crippen molar-refractivity contribution in [3.8, 4) is 0 Å². The van der Waals surface area contributed by atoms with Gasteiger partial charge in [-0.05, 0) is 44.5 Å². The molecule has 1 saturated carbocycles. The van der Waals surface area contributed by atoms with Crippen LogP contribution in [0.1, 0.15) is 24.8 Å². The minimum atomic E-state index is -0.225. The van der Waals surface area contributed by atoms with Crippen LogP contribution in [0.25, 0.3) is 0 Å². The molecule has 1 fully saturated rings. The predicted octanol–water partition coefficient (Wildman–Crippen LogP) is 3.04. The van der Waals surface area contributed by atoms with Gasteiger partial charge in [-0.15, -0.1) is 0 Å². The SMILES string of the molecule is CN(Cc1ccc(Cl)cc1F)C1CCCC1CN. The lowest BCUT2D eigenvalue weighted by atomic mass is 10.0. The van der Waals surface area contributed by atoms with E-state index in [-0.39, 0.29) is 5.82 Å². The van der Waals surface area contributed by atoms with Crippen molar-refractivity contribution in [2.75, 3.05) is 13.6 Å². The van der Waals surface area contributed by atoms with Gasteiger partial charge in [-0.1, -0.05) is 24.1 Å². The minimum absolute atomic E-state index is 0.225. The molecule has 100 valence electrons. The standard InChI is InChI=1S/C14H20ClFN2/c1-18(14-4-2-3-10(14)8-17)9-11-5-6-12(15)7-13(11)16/h5-7,10,14H,2-4,8-9,17H2,1H3. The summed E-state index contributed by atoms with van der Waals surface area (Å²) in [6.45, 7) is 1.34. The molecule has 1 aromatic carbocycles. The molecular weight excluding hydrogens is 251 g/mol. The third kappa shape index (κ3) is 3.02. The van der Waals surface area contributed by atoms with E-state index in [0.29, 0.717) is 29.1 Å². The molecule has 1 aliphatic rings. The molecule has 4 heteroatoms. The third-order valence-corrected chi connectivity index (χ3v) is 4.16. The second kappa shape index (κ2) is 6.00. The van der Waals surface area contributed by atoms with Crippen molar-refractivity contribution in [3.05, 3.63) is 34.6 Å². The third-order valence-electron chi connectivity index (χ3n) is 3.92. The Morgan fingerprint density at radius 2 is 2.22 bits per heavy atom. The van der Waals surface area contributed by atoms with Crippen LogP contribution in [-0.2, 0) is 6.54 Å². The number of nitrogens with zero attached hydrogens (tertiary/aromatic N) is 1. The van der Waals surface area contributed by atoms with Gasteiger partial charge in [-0.25, -0.2) is 4.39 Å². The van der Waals surface area contributed by atoms with Gasteiger partial charge in [0, 0.05) is 23.2 Å². The molecule has 0 saturated heterocycles. The van der Waals surface area contributed by atoms with E-state index in [2.05, 4.69) is 4.90 Å². The highest BCUT2D eigenvalue weighted by Gasteiger charge is 2.29. The monoisotopic (exact) mass is 270 g/mol. The molecule has 0 radical (unpaired) electrons. The Balaban J connectivity index is 2.04. The van der Waals surface area contributed by atoms with Crippen molar-refractivity contribution < 1.29 is 4.39 Å². The highest BCUT2D eigenvalue weighted by atomic mass is 35.5. The molecule has 0 bridgehead atoms. The molecule has 1 aliphatic carbocycles. The summed E-state index contributed by atoms with van der Waals surface area (Å²) in [6, 6.07) is 5.36. The van der Waals surface area contributed by atoms with E-state index >= 15 is 0 Å². The summed E-state index contributed by atoms with van der Waals surface area (Å²) in [4.78, 5) is 2.22. The van der Waals surface area contributed by atoms with E-state index in [4.69, 9.17) is 17.3 Å². The van der Waals surface area contributed by atoms with Gasteiger partial charge in [-0.3, -0.25) is 4.90 Å². The normalized spacial score (nSPS) is 23.8. The van der Waals surface area contributed by atoms with Crippen LogP contribution >= 0.6 is 11.6 Å². The van der Waals surface area contributed by atoms with E-state index < -0.39 is 0 Å². The molecule has 18 heavy (non-hydrogen) atoms. The molecule has 2 N–H and O–H groups in total. The maximum Gasteiger partial charge on any atom is 0.129 e. The molecule has 2 nitrogen and oxygen atoms in total. The first-order valence-corrected chi connectivity index (χ1v) is 6.84. The number of nitrogens with two attached hydrogens (primary N) is 1. The van der Waals surface area contributed by atoms with Crippen molar-refractivity contribution in [2.45, 2.75) is 31.8 Å². The van der Waals surface area contributed by atoms with E-state index in [1.807, 2.05) is 7.05 Å². The zero-order chi connectivity index (χ0) is 13.1. The molecule has 2 rings (SSSR count). The predicted molar refractivity (Wildman–Crippen MR) is 73.1 cm³/mol. The Morgan fingerprint density at radius 3 is 2.89 bits per heavy atom. The Kier molecular flexibility index (Phi) is 4.60. The Bertz CT molecular complexity index is 411. The molecule has 1 aromatic rings. The van der Waals surface area contributed by atoms with Crippen molar-refractivity contribution in [1.29, 1.82) is 0 Å². The largest absolute Gasteiger partial charge is 0.330 e. The van der Waals surface area contributed by atoms with Gasteiger partial charge in [0.05, 0.1) is 0 Å². The van der Waals surface area contributed by atoms with Crippen molar-refractivity contribution in [2.24, 2.45) is 11.7 Å². The summed E-state index contributed by atoms with van der Waals surface area (Å²) >= 11 is 5.76. The second-order valence-corrected chi connectivity index (χ2v) is 5.58. The zero-order valence-corrected chi connectivity index (χ0v) is 11.5. The summed E-state index contributed by atoms with van der Waals surface area (Å²) < 4.78 is 13.7. The van der Waals surface area contributed by atoms with E-state index in [1.165, 1.54) is 18.9 Å². The van der Waals surface area contributed by atoms with Crippen molar-refractivity contribution in [3.63, 3.8) is 0 Å². The number of rotatable bonds is 4. The first kappa shape index (κ1) is 13.8. The Morgan fingerprint density at radius 1 is 1.44 bits per heavy atom. The summed E-state index contributed by atoms with van der Waals surface area (Å²) in [7, 11) is 2.05. The van der Waals surface area contributed by atoms with E-state index in [9.17, 15) is 4.39 Å². The average Bonchev–Trinajstić information content (AvgIpc) is 2.81. The fraction of sp³-hybridized carbons (Fsp3) is 0.571. The number of hydrogen-bond acceptors (Lipinski definition) is 2. The lowest BCUT2D eigenvalue weighted by Gasteiger charge is -2.29. The maximum absolute atomic E-state index is 13.7. The van der Waals surface area contributed by atoms with Gasteiger partial charge in [0.2, 0.25) is 0 Å². The first-order chi connectivity index (χ1) is 8.61.